The first-order chi connectivity index (χ1) is 7.09. The van der Waals surface area contributed by atoms with Crippen LogP contribution in [0.4, 0.5) is 0 Å². The zero-order valence-electron chi connectivity index (χ0n) is 8.75. The van der Waals surface area contributed by atoms with Crippen molar-refractivity contribution in [2.75, 3.05) is 13.2 Å². The van der Waals surface area contributed by atoms with Gasteiger partial charge >= 0.3 is 5.97 Å². The van der Waals surface area contributed by atoms with Gasteiger partial charge in [0, 0.05) is 25.8 Å². The third-order valence-corrected chi connectivity index (χ3v) is 2.37. The zero-order chi connectivity index (χ0) is 11.3. The molecule has 1 amide bonds. The summed E-state index contributed by atoms with van der Waals surface area (Å²) in [5.41, 5.74) is 0. The fraction of sp³-hybridized carbons (Fsp3) is 0.700. The van der Waals surface area contributed by atoms with Gasteiger partial charge < -0.3 is 10.1 Å². The second kappa shape index (κ2) is 5.48. The van der Waals surface area contributed by atoms with Crippen LogP contribution in [0.3, 0.4) is 0 Å². The van der Waals surface area contributed by atoms with E-state index in [1.807, 2.05) is 0 Å². The first kappa shape index (κ1) is 11.7. The highest BCUT2D eigenvalue weighted by Gasteiger charge is 2.24. The maximum absolute atomic E-state index is 11.2. The first-order valence-electron chi connectivity index (χ1n) is 5.02. The summed E-state index contributed by atoms with van der Waals surface area (Å²) in [6, 6.07) is 0. The molecule has 5 heteroatoms. The number of ketones is 1. The Morgan fingerprint density at radius 1 is 1.53 bits per heavy atom. The molecule has 0 spiro atoms. The molecule has 1 saturated heterocycles. The van der Waals surface area contributed by atoms with Crippen molar-refractivity contribution < 1.29 is 19.1 Å². The predicted molar refractivity (Wildman–Crippen MR) is 52.0 cm³/mol. The molecule has 0 saturated carbocycles. The van der Waals surface area contributed by atoms with Crippen molar-refractivity contribution in [2.24, 2.45) is 5.92 Å². The third-order valence-electron chi connectivity index (χ3n) is 2.37. The number of rotatable bonds is 5. The molecule has 0 bridgehead atoms. The van der Waals surface area contributed by atoms with Gasteiger partial charge in [-0.15, -0.1) is 0 Å². The largest absolute Gasteiger partial charge is 0.458 e. The summed E-state index contributed by atoms with van der Waals surface area (Å²) in [7, 11) is 0. The minimum atomic E-state index is -0.457. The van der Waals surface area contributed by atoms with Gasteiger partial charge in [-0.25, -0.2) is 0 Å². The van der Waals surface area contributed by atoms with Crippen LogP contribution < -0.4 is 5.32 Å². The molecular weight excluding hydrogens is 198 g/mol. The van der Waals surface area contributed by atoms with Crippen molar-refractivity contribution in [3.05, 3.63) is 0 Å². The number of hydrogen-bond donors (Lipinski definition) is 1. The van der Waals surface area contributed by atoms with Crippen molar-refractivity contribution >= 4 is 17.7 Å². The summed E-state index contributed by atoms with van der Waals surface area (Å²) in [6.07, 6.45) is 1.64. The number of Topliss-reactive ketones (excluding diaryl/α,β-unsaturated/α-hetero) is 1. The molecule has 0 aromatic carbocycles. The third kappa shape index (κ3) is 4.10. The summed E-state index contributed by atoms with van der Waals surface area (Å²) in [6.45, 7) is 1.78. The molecule has 1 aliphatic heterocycles. The van der Waals surface area contributed by atoms with Gasteiger partial charge in [-0.2, -0.15) is 0 Å². The molecule has 0 aromatic rings. The van der Waals surface area contributed by atoms with Crippen molar-refractivity contribution in [1.29, 1.82) is 0 Å². The average Bonchev–Trinajstić information content (AvgIpc) is 2.58. The van der Waals surface area contributed by atoms with Gasteiger partial charge in [0.2, 0.25) is 5.91 Å². The topological polar surface area (TPSA) is 72.5 Å². The maximum Gasteiger partial charge on any atom is 0.303 e. The second-order valence-corrected chi connectivity index (χ2v) is 3.63. The number of ether oxygens (including phenoxy) is 1. The Morgan fingerprint density at radius 2 is 2.27 bits per heavy atom. The maximum atomic E-state index is 11.2. The molecule has 84 valence electrons. The summed E-state index contributed by atoms with van der Waals surface area (Å²) >= 11 is 0. The van der Waals surface area contributed by atoms with Crippen LogP contribution in [0.1, 0.15) is 26.2 Å². The Kier molecular flexibility index (Phi) is 4.27. The van der Waals surface area contributed by atoms with Crippen molar-refractivity contribution in [1.82, 2.24) is 5.32 Å². The number of hydrogen-bond acceptors (Lipinski definition) is 4. The van der Waals surface area contributed by atoms with Crippen LogP contribution >= 0.6 is 0 Å². The Morgan fingerprint density at radius 3 is 2.80 bits per heavy atom. The number of carbonyl (C=O) groups excluding carboxylic acids is 3. The number of esters is 1. The van der Waals surface area contributed by atoms with Crippen LogP contribution in [0.25, 0.3) is 0 Å². The van der Waals surface area contributed by atoms with E-state index in [0.29, 0.717) is 19.4 Å². The molecule has 0 aliphatic carbocycles. The summed E-state index contributed by atoms with van der Waals surface area (Å²) in [5.74, 6) is -0.617. The van der Waals surface area contributed by atoms with Gasteiger partial charge in [-0.05, 0) is 12.8 Å². The van der Waals surface area contributed by atoms with E-state index in [1.165, 1.54) is 6.92 Å². The van der Waals surface area contributed by atoms with E-state index in [9.17, 15) is 14.4 Å². The smallest absolute Gasteiger partial charge is 0.303 e. The van der Waals surface area contributed by atoms with Gasteiger partial charge in [0.25, 0.3) is 0 Å². The van der Waals surface area contributed by atoms with Crippen LogP contribution in [-0.2, 0) is 19.1 Å². The van der Waals surface area contributed by atoms with Crippen molar-refractivity contribution in [3.8, 4) is 0 Å². The SMILES string of the molecule is CC(=O)OCC(=O)CC[C@H]1CCNC1=O. The molecule has 0 radical (unpaired) electrons. The highest BCUT2D eigenvalue weighted by Crippen LogP contribution is 2.15. The van der Waals surface area contributed by atoms with E-state index < -0.39 is 5.97 Å². The number of nitrogens with one attached hydrogen (secondary N) is 1. The van der Waals surface area contributed by atoms with Crippen LogP contribution in [0.2, 0.25) is 0 Å². The second-order valence-electron chi connectivity index (χ2n) is 3.63. The molecular formula is C10H15NO4. The minimum absolute atomic E-state index is 0.0234. The summed E-state index contributed by atoms with van der Waals surface area (Å²) < 4.78 is 4.56. The average molecular weight is 213 g/mol. The van der Waals surface area contributed by atoms with Crippen molar-refractivity contribution in [3.63, 3.8) is 0 Å². The molecule has 1 atom stereocenters. The summed E-state index contributed by atoms with van der Waals surface area (Å²) in [5, 5.41) is 2.71. The highest BCUT2D eigenvalue weighted by molar-refractivity contribution is 5.84. The monoisotopic (exact) mass is 213 g/mol. The number of amides is 1. The fourth-order valence-electron chi connectivity index (χ4n) is 1.51. The van der Waals surface area contributed by atoms with Crippen LogP contribution in [-0.4, -0.2) is 30.8 Å². The molecule has 1 fully saturated rings. The van der Waals surface area contributed by atoms with Gasteiger partial charge in [0.1, 0.15) is 6.61 Å². The van der Waals surface area contributed by atoms with Gasteiger partial charge in [0.05, 0.1) is 0 Å². The first-order valence-corrected chi connectivity index (χ1v) is 5.02. The molecule has 0 aromatic heterocycles. The molecule has 1 heterocycles. The summed E-state index contributed by atoms with van der Waals surface area (Å²) in [4.78, 5) is 32.8. The van der Waals surface area contributed by atoms with Gasteiger partial charge in [0.15, 0.2) is 5.78 Å². The van der Waals surface area contributed by atoms with Crippen LogP contribution in [0.15, 0.2) is 0 Å². The Hall–Kier alpha value is -1.39. The van der Waals surface area contributed by atoms with Gasteiger partial charge in [-0.1, -0.05) is 0 Å². The Labute approximate surface area is 88.2 Å². The lowest BCUT2D eigenvalue weighted by Crippen LogP contribution is -2.20. The molecule has 1 rings (SSSR count). The predicted octanol–water partition coefficient (Wildman–Crippen LogP) is 0.0349. The lowest BCUT2D eigenvalue weighted by atomic mass is 10.0. The zero-order valence-corrected chi connectivity index (χ0v) is 8.75. The lowest BCUT2D eigenvalue weighted by molar-refractivity contribution is -0.145. The van der Waals surface area contributed by atoms with E-state index >= 15 is 0 Å². The standard InChI is InChI=1S/C10H15NO4/c1-7(12)15-6-9(13)3-2-8-4-5-11-10(8)14/h8H,2-6H2,1H3,(H,11,14)/t8-/m0/s1. The molecule has 0 unspecified atom stereocenters. The lowest BCUT2D eigenvalue weighted by Gasteiger charge is -2.05. The van der Waals surface area contributed by atoms with Crippen molar-refractivity contribution in [2.45, 2.75) is 26.2 Å². The van der Waals surface area contributed by atoms with E-state index in [-0.39, 0.29) is 24.2 Å². The Balaban J connectivity index is 2.16. The van der Waals surface area contributed by atoms with E-state index in [2.05, 4.69) is 10.1 Å². The quantitative estimate of drug-likeness (QED) is 0.654. The highest BCUT2D eigenvalue weighted by atomic mass is 16.5. The van der Waals surface area contributed by atoms with E-state index in [0.717, 1.165) is 6.42 Å². The molecule has 1 aliphatic rings. The van der Waals surface area contributed by atoms with Crippen LogP contribution in [0.5, 0.6) is 0 Å². The van der Waals surface area contributed by atoms with Crippen LogP contribution in [0, 0.1) is 5.92 Å². The molecule has 1 N–H and O–H groups in total. The molecule has 15 heavy (non-hydrogen) atoms. The van der Waals surface area contributed by atoms with Gasteiger partial charge in [-0.3, -0.25) is 14.4 Å². The molecule has 5 nitrogen and oxygen atoms in total. The van der Waals surface area contributed by atoms with E-state index in [1.54, 1.807) is 0 Å². The normalized spacial score (nSPS) is 19.8. The fourth-order valence-corrected chi connectivity index (χ4v) is 1.51. The van der Waals surface area contributed by atoms with E-state index in [4.69, 9.17) is 0 Å². The Bertz CT molecular complexity index is 275. The minimum Gasteiger partial charge on any atom is -0.458 e. The number of carbonyl (C=O) groups is 3.